The molecule has 6 heteroatoms. The second-order valence-corrected chi connectivity index (χ2v) is 6.55. The maximum atomic E-state index is 11.9. The number of nitrogens with one attached hydrogen (secondary N) is 1. The minimum Gasteiger partial charge on any atom is -0.492 e. The van der Waals surface area contributed by atoms with Crippen molar-refractivity contribution in [3.63, 3.8) is 0 Å². The Morgan fingerprint density at radius 2 is 2.00 bits per heavy atom. The minimum absolute atomic E-state index is 0.0753. The van der Waals surface area contributed by atoms with Crippen molar-refractivity contribution in [2.75, 3.05) is 6.61 Å². The van der Waals surface area contributed by atoms with E-state index in [1.54, 1.807) is 18.2 Å². The number of ether oxygens (including phenoxy) is 1. The lowest BCUT2D eigenvalue weighted by Gasteiger charge is -2.26. The smallest absolute Gasteiger partial charge is 0.220 e. The van der Waals surface area contributed by atoms with Gasteiger partial charge in [0, 0.05) is 23.5 Å². The summed E-state index contributed by atoms with van der Waals surface area (Å²) in [6.45, 7) is 0.449. The van der Waals surface area contributed by atoms with E-state index in [4.69, 9.17) is 33.7 Å². The van der Waals surface area contributed by atoms with Gasteiger partial charge < -0.3 is 15.8 Å². The highest BCUT2D eigenvalue weighted by atomic mass is 35.5. The maximum absolute atomic E-state index is 11.9. The minimum atomic E-state index is 0.0753. The second kappa shape index (κ2) is 8.61. The van der Waals surface area contributed by atoms with Gasteiger partial charge in [0.2, 0.25) is 5.91 Å². The van der Waals surface area contributed by atoms with Crippen LogP contribution < -0.4 is 15.8 Å². The molecule has 0 radical (unpaired) electrons. The molecule has 0 saturated heterocycles. The first-order chi connectivity index (χ1) is 10.5. The van der Waals surface area contributed by atoms with Crippen LogP contribution in [0.15, 0.2) is 18.2 Å². The van der Waals surface area contributed by atoms with Crippen LogP contribution in [0.3, 0.4) is 0 Å². The fourth-order valence-corrected chi connectivity index (χ4v) is 3.03. The summed E-state index contributed by atoms with van der Waals surface area (Å²) in [5.74, 6) is 0.666. The number of nitrogens with two attached hydrogens (primary N) is 1. The molecule has 0 heterocycles. The molecule has 0 aliphatic heterocycles. The van der Waals surface area contributed by atoms with Gasteiger partial charge in [-0.3, -0.25) is 4.79 Å². The summed E-state index contributed by atoms with van der Waals surface area (Å²) in [5.41, 5.74) is 5.85. The van der Waals surface area contributed by atoms with Gasteiger partial charge in [0.05, 0.1) is 11.6 Å². The van der Waals surface area contributed by atoms with Crippen LogP contribution in [0.4, 0.5) is 0 Å². The second-order valence-electron chi connectivity index (χ2n) is 5.71. The molecule has 1 amide bonds. The average molecular weight is 345 g/mol. The Labute approximate surface area is 141 Å². The van der Waals surface area contributed by atoms with Crippen LogP contribution in [0.25, 0.3) is 0 Å². The number of carbonyl (C=O) groups excluding carboxylic acids is 1. The monoisotopic (exact) mass is 344 g/mol. The molecule has 1 aromatic rings. The van der Waals surface area contributed by atoms with Crippen LogP contribution in [-0.4, -0.2) is 24.6 Å². The largest absolute Gasteiger partial charge is 0.492 e. The van der Waals surface area contributed by atoms with E-state index in [2.05, 4.69) is 5.32 Å². The number of hydrogen-bond donors (Lipinski definition) is 2. The molecule has 1 aliphatic rings. The predicted octanol–water partition coefficient (Wildman–Crippen LogP) is 3.54. The molecule has 4 nitrogen and oxygen atoms in total. The van der Waals surface area contributed by atoms with Gasteiger partial charge >= 0.3 is 0 Å². The summed E-state index contributed by atoms with van der Waals surface area (Å²) in [7, 11) is 0. The zero-order valence-electron chi connectivity index (χ0n) is 12.5. The van der Waals surface area contributed by atoms with Gasteiger partial charge in [-0.1, -0.05) is 23.2 Å². The number of hydrogen-bond acceptors (Lipinski definition) is 3. The molecule has 1 saturated carbocycles. The molecular weight excluding hydrogens is 323 g/mol. The van der Waals surface area contributed by atoms with Gasteiger partial charge in [-0.2, -0.15) is 0 Å². The van der Waals surface area contributed by atoms with E-state index in [0.29, 0.717) is 41.3 Å². The summed E-state index contributed by atoms with van der Waals surface area (Å²) in [6, 6.07) is 5.67. The number of amides is 1. The first-order valence-electron chi connectivity index (χ1n) is 7.67. The third-order valence-corrected chi connectivity index (χ3v) is 4.37. The summed E-state index contributed by atoms with van der Waals surface area (Å²) < 4.78 is 5.56. The van der Waals surface area contributed by atoms with Crippen LogP contribution >= 0.6 is 23.2 Å². The summed E-state index contributed by atoms with van der Waals surface area (Å²) >= 11 is 11.8. The molecular formula is C16H22Cl2N2O2. The van der Waals surface area contributed by atoms with Crippen molar-refractivity contribution in [2.45, 2.75) is 50.6 Å². The van der Waals surface area contributed by atoms with E-state index in [0.717, 1.165) is 25.7 Å². The normalized spacial score (nSPS) is 21.4. The Morgan fingerprint density at radius 1 is 1.27 bits per heavy atom. The highest BCUT2D eigenvalue weighted by molar-refractivity contribution is 6.35. The molecule has 0 bridgehead atoms. The number of benzene rings is 1. The molecule has 0 spiro atoms. The molecule has 1 aliphatic carbocycles. The fourth-order valence-electron chi connectivity index (χ4n) is 2.57. The van der Waals surface area contributed by atoms with Crippen molar-refractivity contribution in [1.29, 1.82) is 0 Å². The van der Waals surface area contributed by atoms with Crippen molar-refractivity contribution < 1.29 is 9.53 Å². The van der Waals surface area contributed by atoms with E-state index < -0.39 is 0 Å². The molecule has 1 fully saturated rings. The average Bonchev–Trinajstić information content (AvgIpc) is 2.48. The SMILES string of the molecule is NC1CCC(NC(=O)CCCOc2ccc(Cl)cc2Cl)CC1. The maximum Gasteiger partial charge on any atom is 0.220 e. The van der Waals surface area contributed by atoms with E-state index in [-0.39, 0.29) is 11.9 Å². The highest BCUT2D eigenvalue weighted by Gasteiger charge is 2.19. The van der Waals surface area contributed by atoms with Crippen molar-refractivity contribution in [3.05, 3.63) is 28.2 Å². The van der Waals surface area contributed by atoms with Crippen molar-refractivity contribution in [3.8, 4) is 5.75 Å². The van der Waals surface area contributed by atoms with Crippen LogP contribution in [0.2, 0.25) is 10.0 Å². The topological polar surface area (TPSA) is 64.3 Å². The van der Waals surface area contributed by atoms with E-state index in [9.17, 15) is 4.79 Å². The number of rotatable bonds is 6. The summed E-state index contributed by atoms with van der Waals surface area (Å²) in [5, 5.41) is 4.12. The van der Waals surface area contributed by atoms with Crippen LogP contribution in [-0.2, 0) is 4.79 Å². The summed E-state index contributed by atoms with van der Waals surface area (Å²) in [6.07, 6.45) is 5.03. The van der Waals surface area contributed by atoms with Crippen LogP contribution in [0, 0.1) is 0 Å². The third kappa shape index (κ3) is 5.67. The van der Waals surface area contributed by atoms with Crippen molar-refractivity contribution in [2.24, 2.45) is 5.73 Å². The fraction of sp³-hybridized carbons (Fsp3) is 0.562. The lowest BCUT2D eigenvalue weighted by Crippen LogP contribution is -2.40. The third-order valence-electron chi connectivity index (χ3n) is 3.84. The van der Waals surface area contributed by atoms with Crippen LogP contribution in [0.1, 0.15) is 38.5 Å². The lowest BCUT2D eigenvalue weighted by atomic mass is 9.92. The van der Waals surface area contributed by atoms with Crippen molar-refractivity contribution >= 4 is 29.1 Å². The molecule has 2 rings (SSSR count). The number of halogens is 2. The quantitative estimate of drug-likeness (QED) is 0.775. The molecule has 22 heavy (non-hydrogen) atoms. The van der Waals surface area contributed by atoms with E-state index in [1.165, 1.54) is 0 Å². The Balaban J connectivity index is 1.62. The standard InChI is InChI=1S/C16H22Cl2N2O2/c17-11-3-8-15(14(18)10-11)22-9-1-2-16(21)20-13-6-4-12(19)5-7-13/h3,8,10,12-13H,1-2,4-7,9,19H2,(H,20,21). The lowest BCUT2D eigenvalue weighted by molar-refractivity contribution is -0.122. The first kappa shape index (κ1) is 17.4. The Morgan fingerprint density at radius 3 is 2.68 bits per heavy atom. The Kier molecular flexibility index (Phi) is 6.80. The molecule has 122 valence electrons. The number of carbonyl (C=O) groups is 1. The molecule has 0 aromatic heterocycles. The van der Waals surface area contributed by atoms with E-state index in [1.807, 2.05) is 0 Å². The zero-order valence-corrected chi connectivity index (χ0v) is 14.0. The van der Waals surface area contributed by atoms with Crippen molar-refractivity contribution in [1.82, 2.24) is 5.32 Å². The first-order valence-corrected chi connectivity index (χ1v) is 8.43. The molecule has 0 atom stereocenters. The highest BCUT2D eigenvalue weighted by Crippen LogP contribution is 2.27. The van der Waals surface area contributed by atoms with Gasteiger partial charge in [0.15, 0.2) is 0 Å². The molecule has 3 N–H and O–H groups in total. The molecule has 1 aromatic carbocycles. The Bertz CT molecular complexity index is 503. The van der Waals surface area contributed by atoms with Gasteiger partial charge in [-0.05, 0) is 50.3 Å². The van der Waals surface area contributed by atoms with E-state index >= 15 is 0 Å². The van der Waals surface area contributed by atoms with Gasteiger partial charge in [0.25, 0.3) is 0 Å². The Hall–Kier alpha value is -0.970. The molecule has 0 unspecified atom stereocenters. The predicted molar refractivity (Wildman–Crippen MR) is 89.6 cm³/mol. The summed E-state index contributed by atoms with van der Waals surface area (Å²) in [4.78, 5) is 11.9. The zero-order chi connectivity index (χ0) is 15.9. The van der Waals surface area contributed by atoms with Crippen LogP contribution in [0.5, 0.6) is 5.75 Å². The van der Waals surface area contributed by atoms with Gasteiger partial charge in [-0.25, -0.2) is 0 Å². The van der Waals surface area contributed by atoms with Gasteiger partial charge in [-0.15, -0.1) is 0 Å². The van der Waals surface area contributed by atoms with Gasteiger partial charge in [0.1, 0.15) is 5.75 Å².